The van der Waals surface area contributed by atoms with Crippen LogP contribution in [-0.2, 0) is 0 Å². The Balaban J connectivity index is 1.46. The van der Waals surface area contributed by atoms with Crippen LogP contribution in [0.15, 0.2) is 48.8 Å². The molecule has 0 atom stereocenters. The standard InChI is InChI=1S/C24H26N8O/c1-14-12-17-16(4-2-5-18(17)29-14)19-13-28-22(26)21(30-19)24(33)31-23-20(6-3-9-27-23)32-10-7-15(25)8-11-32/h2-6,9,12-13,15,29H,7-8,10-11,25H2,1H3,(H2,26,28)(H,27,31,33). The first-order chi connectivity index (χ1) is 16.0. The van der Waals surface area contributed by atoms with Crippen molar-refractivity contribution in [3.8, 4) is 11.3 Å². The molecule has 5 rings (SSSR count). The summed E-state index contributed by atoms with van der Waals surface area (Å²) in [5.74, 6) is 0.0796. The second-order valence-electron chi connectivity index (χ2n) is 8.36. The van der Waals surface area contributed by atoms with Gasteiger partial charge in [0.15, 0.2) is 17.3 Å². The lowest BCUT2D eigenvalue weighted by Crippen LogP contribution is -2.40. The zero-order valence-corrected chi connectivity index (χ0v) is 18.4. The summed E-state index contributed by atoms with van der Waals surface area (Å²) in [6.45, 7) is 3.62. The summed E-state index contributed by atoms with van der Waals surface area (Å²) >= 11 is 0. The Kier molecular flexibility index (Phi) is 5.39. The van der Waals surface area contributed by atoms with Gasteiger partial charge in [0.25, 0.3) is 5.91 Å². The quantitative estimate of drug-likeness (QED) is 0.381. The van der Waals surface area contributed by atoms with Gasteiger partial charge in [-0.15, -0.1) is 0 Å². The normalized spacial score (nSPS) is 14.5. The third-order valence-electron chi connectivity index (χ3n) is 5.99. The van der Waals surface area contributed by atoms with E-state index in [0.717, 1.165) is 53.8 Å². The minimum atomic E-state index is -0.451. The first-order valence-electron chi connectivity index (χ1n) is 11.0. The molecule has 1 aliphatic rings. The number of nitrogens with one attached hydrogen (secondary N) is 2. The van der Waals surface area contributed by atoms with Crippen molar-refractivity contribution in [2.75, 3.05) is 29.0 Å². The summed E-state index contributed by atoms with van der Waals surface area (Å²) in [4.78, 5) is 31.9. The molecular weight excluding hydrogens is 416 g/mol. The Hall–Kier alpha value is -3.98. The van der Waals surface area contributed by atoms with E-state index in [9.17, 15) is 4.79 Å². The van der Waals surface area contributed by atoms with Crippen LogP contribution in [-0.4, -0.2) is 45.0 Å². The fraction of sp³-hybridized carbons (Fsp3) is 0.250. The number of H-pyrrole nitrogens is 1. The van der Waals surface area contributed by atoms with Crippen LogP contribution in [0.25, 0.3) is 22.2 Å². The first-order valence-corrected chi connectivity index (χ1v) is 11.0. The van der Waals surface area contributed by atoms with Gasteiger partial charge in [-0.2, -0.15) is 0 Å². The molecule has 9 heteroatoms. The topological polar surface area (TPSA) is 139 Å². The number of rotatable bonds is 4. The third-order valence-corrected chi connectivity index (χ3v) is 5.99. The van der Waals surface area contributed by atoms with Crippen molar-refractivity contribution < 1.29 is 4.79 Å². The summed E-state index contributed by atoms with van der Waals surface area (Å²) < 4.78 is 0. The molecule has 9 nitrogen and oxygen atoms in total. The van der Waals surface area contributed by atoms with Crippen LogP contribution in [0.3, 0.4) is 0 Å². The number of hydrogen-bond acceptors (Lipinski definition) is 7. The number of anilines is 3. The van der Waals surface area contributed by atoms with Gasteiger partial charge in [-0.3, -0.25) is 4.79 Å². The summed E-state index contributed by atoms with van der Waals surface area (Å²) in [6.07, 6.45) is 5.03. The Bertz CT molecular complexity index is 1320. The van der Waals surface area contributed by atoms with Crippen LogP contribution in [0.2, 0.25) is 0 Å². The highest BCUT2D eigenvalue weighted by molar-refractivity contribution is 6.07. The molecule has 0 saturated carbocycles. The zero-order chi connectivity index (χ0) is 22.9. The van der Waals surface area contributed by atoms with Gasteiger partial charge in [0, 0.05) is 47.5 Å². The van der Waals surface area contributed by atoms with E-state index in [1.807, 2.05) is 43.3 Å². The average Bonchev–Trinajstić information content (AvgIpc) is 3.21. The van der Waals surface area contributed by atoms with Gasteiger partial charge in [0.2, 0.25) is 0 Å². The number of nitrogen functional groups attached to an aromatic ring is 1. The van der Waals surface area contributed by atoms with Crippen molar-refractivity contribution in [3.63, 3.8) is 0 Å². The van der Waals surface area contributed by atoms with Crippen LogP contribution in [0.1, 0.15) is 29.0 Å². The van der Waals surface area contributed by atoms with Crippen LogP contribution in [0, 0.1) is 6.92 Å². The number of amides is 1. The maximum atomic E-state index is 13.2. The molecule has 0 bridgehead atoms. The lowest BCUT2D eigenvalue weighted by molar-refractivity contribution is 0.102. The number of hydrogen-bond donors (Lipinski definition) is 4. The van der Waals surface area contributed by atoms with Gasteiger partial charge >= 0.3 is 0 Å². The summed E-state index contributed by atoms with van der Waals surface area (Å²) in [7, 11) is 0. The molecule has 0 aliphatic carbocycles. The van der Waals surface area contributed by atoms with E-state index in [0.29, 0.717) is 11.5 Å². The van der Waals surface area contributed by atoms with Gasteiger partial charge in [-0.1, -0.05) is 12.1 Å². The van der Waals surface area contributed by atoms with Crippen LogP contribution < -0.4 is 21.7 Å². The highest BCUT2D eigenvalue weighted by atomic mass is 16.2. The van der Waals surface area contributed by atoms with E-state index in [4.69, 9.17) is 11.5 Å². The summed E-state index contributed by atoms with van der Waals surface area (Å²) in [6, 6.07) is 12.0. The maximum absolute atomic E-state index is 13.2. The van der Waals surface area contributed by atoms with Gasteiger partial charge in [0.1, 0.15) is 0 Å². The molecule has 168 valence electrons. The maximum Gasteiger partial charge on any atom is 0.279 e. The predicted molar refractivity (Wildman–Crippen MR) is 130 cm³/mol. The number of fused-ring (bicyclic) bond motifs is 1. The molecular formula is C24H26N8O. The Morgan fingerprint density at radius 3 is 2.82 bits per heavy atom. The van der Waals surface area contributed by atoms with Gasteiger partial charge in [-0.05, 0) is 44.0 Å². The number of aromatic amines is 1. The molecule has 1 aromatic carbocycles. The predicted octanol–water partition coefficient (Wildman–Crippen LogP) is 3.09. The van der Waals surface area contributed by atoms with Crippen molar-refractivity contribution >= 4 is 34.1 Å². The van der Waals surface area contributed by atoms with E-state index in [1.165, 1.54) is 0 Å². The number of nitrogens with two attached hydrogens (primary N) is 2. The highest BCUT2D eigenvalue weighted by Crippen LogP contribution is 2.30. The van der Waals surface area contributed by atoms with Crippen molar-refractivity contribution in [2.24, 2.45) is 5.73 Å². The van der Waals surface area contributed by atoms with E-state index in [1.54, 1.807) is 12.4 Å². The van der Waals surface area contributed by atoms with Crippen molar-refractivity contribution in [3.05, 3.63) is 60.2 Å². The molecule has 1 amide bonds. The number of carbonyl (C=O) groups excluding carboxylic acids is 1. The molecule has 6 N–H and O–H groups in total. The van der Waals surface area contributed by atoms with E-state index < -0.39 is 5.91 Å². The van der Waals surface area contributed by atoms with E-state index in [-0.39, 0.29) is 17.6 Å². The fourth-order valence-corrected chi connectivity index (χ4v) is 4.27. The Morgan fingerprint density at radius 2 is 2.00 bits per heavy atom. The minimum absolute atomic E-state index is 0.0639. The minimum Gasteiger partial charge on any atom is -0.382 e. The molecule has 1 saturated heterocycles. The number of nitrogens with zero attached hydrogens (tertiary/aromatic N) is 4. The van der Waals surface area contributed by atoms with Gasteiger partial charge < -0.3 is 26.7 Å². The second kappa shape index (κ2) is 8.51. The number of carbonyl (C=O) groups is 1. The number of benzene rings is 1. The Labute approximate surface area is 191 Å². The molecule has 4 aromatic rings. The molecule has 0 unspecified atom stereocenters. The number of piperidine rings is 1. The monoisotopic (exact) mass is 442 g/mol. The lowest BCUT2D eigenvalue weighted by Gasteiger charge is -2.32. The smallest absolute Gasteiger partial charge is 0.279 e. The van der Waals surface area contributed by atoms with Crippen molar-refractivity contribution in [2.45, 2.75) is 25.8 Å². The summed E-state index contributed by atoms with van der Waals surface area (Å²) in [5, 5.41) is 3.89. The third kappa shape index (κ3) is 4.10. The van der Waals surface area contributed by atoms with Crippen LogP contribution >= 0.6 is 0 Å². The molecule has 0 spiro atoms. The van der Waals surface area contributed by atoms with Crippen LogP contribution in [0.4, 0.5) is 17.3 Å². The van der Waals surface area contributed by atoms with Gasteiger partial charge in [0.05, 0.1) is 17.6 Å². The van der Waals surface area contributed by atoms with Crippen molar-refractivity contribution in [1.82, 2.24) is 19.9 Å². The molecule has 4 heterocycles. The molecule has 0 radical (unpaired) electrons. The summed E-state index contributed by atoms with van der Waals surface area (Å²) in [5.41, 5.74) is 16.5. The number of aromatic nitrogens is 4. The molecule has 1 aliphatic heterocycles. The molecule has 3 aromatic heterocycles. The van der Waals surface area contributed by atoms with E-state index in [2.05, 4.69) is 30.2 Å². The van der Waals surface area contributed by atoms with E-state index >= 15 is 0 Å². The van der Waals surface area contributed by atoms with Crippen molar-refractivity contribution in [1.29, 1.82) is 0 Å². The lowest BCUT2D eigenvalue weighted by atomic mass is 10.1. The van der Waals surface area contributed by atoms with Gasteiger partial charge in [-0.25, -0.2) is 15.0 Å². The van der Waals surface area contributed by atoms with Crippen LogP contribution in [0.5, 0.6) is 0 Å². The molecule has 1 fully saturated rings. The fourth-order valence-electron chi connectivity index (χ4n) is 4.27. The SMILES string of the molecule is Cc1cc2c(-c3cnc(N)c(C(=O)Nc4ncccc4N4CCC(N)CC4)n3)cccc2[nH]1. The average molecular weight is 443 g/mol. The molecule has 33 heavy (non-hydrogen) atoms. The zero-order valence-electron chi connectivity index (χ0n) is 18.4. The Morgan fingerprint density at radius 1 is 1.18 bits per heavy atom. The second-order valence-corrected chi connectivity index (χ2v) is 8.36. The largest absolute Gasteiger partial charge is 0.382 e. The first kappa shape index (κ1) is 20.9. The number of pyridine rings is 1. The number of aryl methyl sites for hydroxylation is 1. The highest BCUT2D eigenvalue weighted by Gasteiger charge is 2.22.